The lowest BCUT2D eigenvalue weighted by Gasteiger charge is -2.42. The van der Waals surface area contributed by atoms with Crippen molar-refractivity contribution in [3.63, 3.8) is 0 Å². The van der Waals surface area contributed by atoms with E-state index in [1.165, 1.54) is 88.3 Å². The zero-order valence-corrected chi connectivity index (χ0v) is 29.2. The number of hydrogen-bond acceptors (Lipinski definition) is 4. The van der Waals surface area contributed by atoms with Crippen LogP contribution in [-0.4, -0.2) is 78.6 Å². The van der Waals surface area contributed by atoms with Gasteiger partial charge in [-0.25, -0.2) is 16.8 Å². The second-order valence-corrected chi connectivity index (χ2v) is 16.8. The van der Waals surface area contributed by atoms with Crippen LogP contribution in [0.4, 0.5) is 0 Å². The van der Waals surface area contributed by atoms with Gasteiger partial charge in [-0.3, -0.25) is 0 Å². The number of sulfone groups is 2. The van der Waals surface area contributed by atoms with Crippen LogP contribution in [0.2, 0.25) is 0 Å². The molecule has 2 aliphatic heterocycles. The highest BCUT2D eigenvalue weighted by molar-refractivity contribution is 7.91. The standard InChI is InChI=1S/C30H46N2O4S2.2BrH/c1-31(23-27-7-11-29(12-8-27)37(3,33)34)19-15-25(16-20-31)5-6-26-17-21-32(2,22-18-26)24-28-9-13-30(14-10-28)38(4,35)36;;/h7-14,25-26H,5-6,15-24H2,1-4H3;2*1H/q+2;;/p-2. The third-order valence-corrected chi connectivity index (χ3v) is 11.4. The van der Waals surface area contributed by atoms with E-state index < -0.39 is 19.7 Å². The summed E-state index contributed by atoms with van der Waals surface area (Å²) in [6.45, 7) is 6.69. The van der Waals surface area contributed by atoms with E-state index in [-0.39, 0.29) is 34.0 Å². The zero-order chi connectivity index (χ0) is 27.6. The van der Waals surface area contributed by atoms with Crippen molar-refractivity contribution in [3.8, 4) is 0 Å². The van der Waals surface area contributed by atoms with Crippen molar-refractivity contribution in [1.82, 2.24) is 0 Å². The second-order valence-electron chi connectivity index (χ2n) is 12.7. The average Bonchev–Trinajstić information content (AvgIpc) is 2.84. The van der Waals surface area contributed by atoms with E-state index in [4.69, 9.17) is 0 Å². The number of rotatable bonds is 9. The Morgan fingerprint density at radius 1 is 0.575 bits per heavy atom. The Morgan fingerprint density at radius 2 is 0.850 bits per heavy atom. The number of likely N-dealkylation sites (tertiary alicyclic amines) is 2. The number of benzene rings is 2. The highest BCUT2D eigenvalue weighted by Gasteiger charge is 2.33. The second kappa shape index (κ2) is 14.1. The van der Waals surface area contributed by atoms with Crippen LogP contribution >= 0.6 is 0 Å². The minimum absolute atomic E-state index is 0. The van der Waals surface area contributed by atoms with Gasteiger partial charge in [-0.1, -0.05) is 24.3 Å². The van der Waals surface area contributed by atoms with E-state index in [1.807, 2.05) is 24.3 Å². The summed E-state index contributed by atoms with van der Waals surface area (Å²) in [5.74, 6) is 1.65. The molecule has 40 heavy (non-hydrogen) atoms. The van der Waals surface area contributed by atoms with Gasteiger partial charge in [0, 0.05) is 23.6 Å². The largest absolute Gasteiger partial charge is 1.00 e. The van der Waals surface area contributed by atoms with E-state index in [0.717, 1.165) is 33.9 Å². The molecule has 4 rings (SSSR count). The summed E-state index contributed by atoms with van der Waals surface area (Å²) < 4.78 is 49.0. The highest BCUT2D eigenvalue weighted by Crippen LogP contribution is 2.33. The van der Waals surface area contributed by atoms with Gasteiger partial charge in [0.05, 0.1) is 50.1 Å². The summed E-state index contributed by atoms with van der Waals surface area (Å²) in [7, 11) is -1.60. The van der Waals surface area contributed by atoms with Crippen molar-refractivity contribution in [1.29, 1.82) is 0 Å². The van der Waals surface area contributed by atoms with Gasteiger partial charge in [0.1, 0.15) is 13.1 Å². The predicted octanol–water partition coefficient (Wildman–Crippen LogP) is -1.30. The fourth-order valence-electron chi connectivity index (χ4n) is 6.42. The minimum atomic E-state index is -3.14. The Hall–Kier alpha value is -0.780. The van der Waals surface area contributed by atoms with Gasteiger partial charge in [0.25, 0.3) is 0 Å². The molecule has 2 heterocycles. The molecule has 0 N–H and O–H groups in total. The van der Waals surface area contributed by atoms with Crippen LogP contribution in [0.1, 0.15) is 49.7 Å². The highest BCUT2D eigenvalue weighted by atomic mass is 79.9. The lowest BCUT2D eigenvalue weighted by molar-refractivity contribution is -0.928. The van der Waals surface area contributed by atoms with E-state index in [9.17, 15) is 16.8 Å². The van der Waals surface area contributed by atoms with Crippen molar-refractivity contribution in [2.24, 2.45) is 11.8 Å². The van der Waals surface area contributed by atoms with Crippen LogP contribution in [-0.2, 0) is 32.8 Å². The molecule has 0 bridgehead atoms. The first kappa shape index (κ1) is 35.4. The third kappa shape index (κ3) is 9.90. The lowest BCUT2D eigenvalue weighted by Crippen LogP contribution is -3.00. The molecular formula is C30H46Br2N2O4S2. The number of quaternary nitrogens is 2. The Balaban J connectivity index is 0.00000280. The molecule has 2 aromatic rings. The van der Waals surface area contributed by atoms with Gasteiger partial charge in [0.2, 0.25) is 0 Å². The summed E-state index contributed by atoms with van der Waals surface area (Å²) in [5, 5.41) is 0. The van der Waals surface area contributed by atoms with Gasteiger partial charge in [-0.2, -0.15) is 0 Å². The molecule has 2 saturated heterocycles. The van der Waals surface area contributed by atoms with Gasteiger partial charge >= 0.3 is 0 Å². The SMILES string of the molecule is C[N+]1(Cc2ccc(S(C)(=O)=O)cc2)CCC(CCC2CC[N+](C)(Cc3ccc(S(C)(=O)=O)cc3)CC2)CC1.[Br-].[Br-]. The first-order valence-electron chi connectivity index (χ1n) is 14.0. The molecule has 0 aromatic heterocycles. The van der Waals surface area contributed by atoms with E-state index in [2.05, 4.69) is 14.1 Å². The predicted molar refractivity (Wildman–Crippen MR) is 153 cm³/mol. The number of piperidine rings is 2. The molecule has 0 unspecified atom stereocenters. The quantitative estimate of drug-likeness (QED) is 0.302. The van der Waals surface area contributed by atoms with E-state index in [1.54, 1.807) is 24.3 Å². The molecule has 6 nitrogen and oxygen atoms in total. The minimum Gasteiger partial charge on any atom is -1.00 e. The molecule has 10 heteroatoms. The van der Waals surface area contributed by atoms with Gasteiger partial charge in [0.15, 0.2) is 19.7 Å². The molecule has 2 aliphatic rings. The van der Waals surface area contributed by atoms with Crippen LogP contribution < -0.4 is 34.0 Å². The fraction of sp³-hybridized carbons (Fsp3) is 0.600. The van der Waals surface area contributed by atoms with Crippen molar-refractivity contribution < 1.29 is 59.8 Å². The first-order valence-corrected chi connectivity index (χ1v) is 17.8. The van der Waals surface area contributed by atoms with Crippen LogP contribution in [0, 0.1) is 11.8 Å². The van der Waals surface area contributed by atoms with Gasteiger partial charge in [-0.05, 0) is 74.6 Å². The van der Waals surface area contributed by atoms with E-state index >= 15 is 0 Å². The molecule has 0 saturated carbocycles. The summed E-state index contributed by atoms with van der Waals surface area (Å²) in [5.41, 5.74) is 2.43. The monoisotopic (exact) mass is 720 g/mol. The topological polar surface area (TPSA) is 68.3 Å². The Labute approximate surface area is 263 Å². The van der Waals surface area contributed by atoms with Crippen molar-refractivity contribution >= 4 is 19.7 Å². The Kier molecular flexibility index (Phi) is 12.5. The summed E-state index contributed by atoms with van der Waals surface area (Å²) in [6, 6.07) is 14.9. The van der Waals surface area contributed by atoms with Gasteiger partial charge < -0.3 is 42.9 Å². The number of halogens is 2. The molecule has 226 valence electrons. The molecule has 0 radical (unpaired) electrons. The molecule has 2 fully saturated rings. The Bertz CT molecular complexity index is 1190. The maximum atomic E-state index is 11.7. The average molecular weight is 723 g/mol. The van der Waals surface area contributed by atoms with Crippen molar-refractivity contribution in [2.75, 3.05) is 52.8 Å². The summed E-state index contributed by atoms with van der Waals surface area (Å²) in [4.78, 5) is 0.792. The molecule has 2 aromatic carbocycles. The van der Waals surface area contributed by atoms with Crippen molar-refractivity contribution in [3.05, 3.63) is 59.7 Å². The smallest absolute Gasteiger partial charge is 0.175 e. The maximum Gasteiger partial charge on any atom is 0.175 e. The normalized spacial score (nSPS) is 27.3. The molecular weight excluding hydrogens is 676 g/mol. The summed E-state index contributed by atoms with van der Waals surface area (Å²) >= 11 is 0. The zero-order valence-electron chi connectivity index (χ0n) is 24.4. The maximum absolute atomic E-state index is 11.7. The van der Waals surface area contributed by atoms with Crippen molar-refractivity contribution in [2.45, 2.75) is 61.4 Å². The third-order valence-electron chi connectivity index (χ3n) is 9.12. The van der Waals surface area contributed by atoms with Crippen LogP contribution in [0.5, 0.6) is 0 Å². The molecule has 0 spiro atoms. The Morgan fingerprint density at radius 3 is 1.10 bits per heavy atom. The van der Waals surface area contributed by atoms with Crippen LogP contribution in [0.25, 0.3) is 0 Å². The lowest BCUT2D eigenvalue weighted by atomic mass is 9.84. The van der Waals surface area contributed by atoms with Gasteiger partial charge in [-0.15, -0.1) is 0 Å². The first-order chi connectivity index (χ1) is 17.7. The van der Waals surface area contributed by atoms with Crippen LogP contribution in [0.3, 0.4) is 0 Å². The number of nitrogens with zero attached hydrogens (tertiary/aromatic N) is 2. The number of hydrogen-bond donors (Lipinski definition) is 0. The molecule has 0 atom stereocenters. The summed E-state index contributed by atoms with van der Waals surface area (Å²) in [6.07, 6.45) is 10.3. The fourth-order valence-corrected chi connectivity index (χ4v) is 7.68. The molecule has 0 aliphatic carbocycles. The van der Waals surface area contributed by atoms with E-state index in [0.29, 0.717) is 9.79 Å². The van der Waals surface area contributed by atoms with Crippen LogP contribution in [0.15, 0.2) is 58.3 Å². The molecule has 0 amide bonds.